The second-order valence-corrected chi connectivity index (χ2v) is 8.36. The molecule has 0 bridgehead atoms. The van der Waals surface area contributed by atoms with E-state index in [1.165, 1.54) is 19.9 Å². The number of amides is 2. The summed E-state index contributed by atoms with van der Waals surface area (Å²) in [5.74, 6) is -1.25. The van der Waals surface area contributed by atoms with Gasteiger partial charge in [-0.05, 0) is 44.1 Å². The predicted molar refractivity (Wildman–Crippen MR) is 117 cm³/mol. The summed E-state index contributed by atoms with van der Waals surface area (Å²) in [6.45, 7) is 4.29. The van der Waals surface area contributed by atoms with E-state index in [9.17, 15) is 22.8 Å². The van der Waals surface area contributed by atoms with Gasteiger partial charge in [-0.2, -0.15) is 13.2 Å². The number of hydrogen-bond acceptors (Lipinski definition) is 4. The van der Waals surface area contributed by atoms with Gasteiger partial charge in [0.1, 0.15) is 0 Å². The number of rotatable bonds is 6. The van der Waals surface area contributed by atoms with Crippen LogP contribution in [0.2, 0.25) is 15.1 Å². The average Bonchev–Trinajstić information content (AvgIpc) is 3.16. The summed E-state index contributed by atoms with van der Waals surface area (Å²) < 4.78 is 42.3. The number of halogens is 6. The van der Waals surface area contributed by atoms with Gasteiger partial charge in [0.05, 0.1) is 27.3 Å². The maximum Gasteiger partial charge on any atom is 0.435 e. The Hall–Kier alpha value is -2.23. The van der Waals surface area contributed by atoms with Crippen LogP contribution in [0, 0.1) is 0 Å². The van der Waals surface area contributed by atoms with E-state index >= 15 is 0 Å². The number of allylic oxidation sites excluding steroid dienone is 3. The lowest BCUT2D eigenvalue weighted by Crippen LogP contribution is -2.42. The first-order chi connectivity index (χ1) is 14.7. The molecule has 6 nitrogen and oxygen atoms in total. The average molecular weight is 513 g/mol. The van der Waals surface area contributed by atoms with Crippen molar-refractivity contribution in [3.63, 3.8) is 0 Å². The standard InChI is InChI=1S/C20H19Cl3F3N3O3/c1-9(11(3)18(31)28-8-16(27)30)4-10(2)15-7-19(32-29-15,20(24,25)26)12-5-13(21)17(23)14(22)6-12/h4-6H,7-8H2,1-3H3,(H2,27,30)(H,28,31)/b10-4+,11-9+. The number of nitrogens with one attached hydrogen (secondary N) is 1. The van der Waals surface area contributed by atoms with Gasteiger partial charge >= 0.3 is 6.18 Å². The van der Waals surface area contributed by atoms with Crippen molar-refractivity contribution in [1.82, 2.24) is 5.32 Å². The zero-order valence-corrected chi connectivity index (χ0v) is 19.4. The minimum atomic E-state index is -4.85. The molecule has 12 heteroatoms. The molecule has 3 N–H and O–H groups in total. The molecule has 1 atom stereocenters. The summed E-state index contributed by atoms with van der Waals surface area (Å²) >= 11 is 17.7. The van der Waals surface area contributed by atoms with E-state index in [0.29, 0.717) is 11.1 Å². The highest BCUT2D eigenvalue weighted by Crippen LogP contribution is 2.50. The van der Waals surface area contributed by atoms with Crippen LogP contribution in [0.5, 0.6) is 0 Å². The monoisotopic (exact) mass is 511 g/mol. The number of carbonyl (C=O) groups is 2. The second kappa shape index (κ2) is 9.72. The van der Waals surface area contributed by atoms with Crippen LogP contribution >= 0.6 is 34.8 Å². The Kier molecular flexibility index (Phi) is 7.91. The van der Waals surface area contributed by atoms with Crippen LogP contribution in [0.4, 0.5) is 13.2 Å². The number of carbonyl (C=O) groups excluding carboxylic acids is 2. The van der Waals surface area contributed by atoms with E-state index in [1.54, 1.807) is 6.92 Å². The molecular weight excluding hydrogens is 494 g/mol. The molecule has 1 aliphatic heterocycles. The van der Waals surface area contributed by atoms with Gasteiger partial charge < -0.3 is 15.9 Å². The molecule has 1 aromatic rings. The largest absolute Gasteiger partial charge is 0.435 e. The molecular formula is C20H19Cl3F3N3O3. The molecule has 0 saturated carbocycles. The molecule has 0 spiro atoms. The van der Waals surface area contributed by atoms with Crippen molar-refractivity contribution < 1.29 is 27.6 Å². The zero-order chi connectivity index (χ0) is 24.4. The van der Waals surface area contributed by atoms with Crippen LogP contribution in [-0.4, -0.2) is 30.2 Å². The lowest BCUT2D eigenvalue weighted by molar-refractivity contribution is -0.275. The quantitative estimate of drug-likeness (QED) is 0.317. The van der Waals surface area contributed by atoms with Crippen molar-refractivity contribution in [2.45, 2.75) is 39.0 Å². The van der Waals surface area contributed by atoms with Gasteiger partial charge in [-0.1, -0.05) is 46.0 Å². The number of benzene rings is 1. The van der Waals surface area contributed by atoms with E-state index in [2.05, 4.69) is 10.5 Å². The van der Waals surface area contributed by atoms with Gasteiger partial charge in [0.2, 0.25) is 11.8 Å². The fraction of sp³-hybridized carbons (Fsp3) is 0.350. The van der Waals surface area contributed by atoms with Gasteiger partial charge in [-0.15, -0.1) is 0 Å². The number of nitrogens with zero attached hydrogens (tertiary/aromatic N) is 1. The Morgan fingerprint density at radius 3 is 2.28 bits per heavy atom. The Bertz CT molecular complexity index is 1030. The van der Waals surface area contributed by atoms with Crippen molar-refractivity contribution in [2.24, 2.45) is 10.9 Å². The molecule has 0 saturated heterocycles. The fourth-order valence-electron chi connectivity index (χ4n) is 2.90. The number of hydrogen-bond donors (Lipinski definition) is 2. The van der Waals surface area contributed by atoms with Gasteiger partial charge in [-0.25, -0.2) is 0 Å². The highest BCUT2D eigenvalue weighted by molar-refractivity contribution is 6.48. The van der Waals surface area contributed by atoms with Crippen LogP contribution in [0.3, 0.4) is 0 Å². The lowest BCUT2D eigenvalue weighted by Gasteiger charge is -2.30. The van der Waals surface area contributed by atoms with Crippen LogP contribution in [0.15, 0.2) is 40.1 Å². The molecule has 0 fully saturated rings. The van der Waals surface area contributed by atoms with Gasteiger partial charge in [-0.3, -0.25) is 9.59 Å². The number of nitrogens with two attached hydrogens (primary N) is 1. The minimum Gasteiger partial charge on any atom is -0.374 e. The van der Waals surface area contributed by atoms with E-state index in [1.807, 2.05) is 0 Å². The van der Waals surface area contributed by atoms with E-state index in [4.69, 9.17) is 45.4 Å². The summed E-state index contributed by atoms with van der Waals surface area (Å²) in [6.07, 6.45) is -4.00. The summed E-state index contributed by atoms with van der Waals surface area (Å²) in [4.78, 5) is 27.8. The zero-order valence-electron chi connectivity index (χ0n) is 17.2. The Morgan fingerprint density at radius 1 is 1.22 bits per heavy atom. The minimum absolute atomic E-state index is 0.0224. The molecule has 1 unspecified atom stereocenters. The third-order valence-electron chi connectivity index (χ3n) is 4.88. The van der Waals surface area contributed by atoms with Crippen LogP contribution in [0.1, 0.15) is 32.8 Å². The second-order valence-electron chi connectivity index (χ2n) is 7.17. The first-order valence-corrected chi connectivity index (χ1v) is 10.2. The van der Waals surface area contributed by atoms with Crippen molar-refractivity contribution in [2.75, 3.05) is 6.54 Å². The molecule has 2 amide bonds. The van der Waals surface area contributed by atoms with Gasteiger partial charge in [0.15, 0.2) is 0 Å². The third-order valence-corrected chi connectivity index (χ3v) is 6.08. The summed E-state index contributed by atoms with van der Waals surface area (Å²) in [5, 5.41) is 5.61. The van der Waals surface area contributed by atoms with Crippen molar-refractivity contribution in [1.29, 1.82) is 0 Å². The predicted octanol–water partition coefficient (Wildman–Crippen LogP) is 5.06. The topological polar surface area (TPSA) is 93.8 Å². The number of alkyl halides is 3. The highest BCUT2D eigenvalue weighted by Gasteiger charge is 2.62. The van der Waals surface area contributed by atoms with Crippen molar-refractivity contribution >= 4 is 52.3 Å². The molecule has 32 heavy (non-hydrogen) atoms. The van der Waals surface area contributed by atoms with E-state index in [-0.39, 0.29) is 38.5 Å². The first-order valence-electron chi connectivity index (χ1n) is 9.09. The molecule has 2 rings (SSSR count). The van der Waals surface area contributed by atoms with Gasteiger partial charge in [0.25, 0.3) is 5.60 Å². The number of oxime groups is 1. The lowest BCUT2D eigenvalue weighted by atomic mass is 9.86. The molecule has 0 aliphatic carbocycles. The van der Waals surface area contributed by atoms with Crippen molar-refractivity contribution in [3.05, 3.63) is 55.6 Å². The summed E-state index contributed by atoms with van der Waals surface area (Å²) in [5.41, 5.74) is 2.92. The Balaban J connectivity index is 2.36. The molecule has 1 aliphatic rings. The normalized spacial score (nSPS) is 19.8. The third kappa shape index (κ3) is 5.39. The molecule has 0 radical (unpaired) electrons. The molecule has 1 aromatic carbocycles. The summed E-state index contributed by atoms with van der Waals surface area (Å²) in [7, 11) is 0. The van der Waals surface area contributed by atoms with Crippen LogP contribution in [0.25, 0.3) is 0 Å². The molecule has 1 heterocycles. The van der Waals surface area contributed by atoms with E-state index in [0.717, 1.165) is 12.1 Å². The Labute approximate surface area is 197 Å². The van der Waals surface area contributed by atoms with Crippen LogP contribution in [-0.2, 0) is 20.0 Å². The Morgan fingerprint density at radius 2 is 1.78 bits per heavy atom. The van der Waals surface area contributed by atoms with Crippen molar-refractivity contribution in [3.8, 4) is 0 Å². The summed E-state index contributed by atoms with van der Waals surface area (Å²) in [6, 6.07) is 2.08. The molecule has 0 aromatic heterocycles. The highest BCUT2D eigenvalue weighted by atomic mass is 35.5. The first kappa shape index (κ1) is 26.0. The fourth-order valence-corrected chi connectivity index (χ4v) is 3.50. The van der Waals surface area contributed by atoms with E-state index < -0.39 is 30.0 Å². The van der Waals surface area contributed by atoms with Gasteiger partial charge in [0, 0.05) is 17.6 Å². The molecule has 174 valence electrons. The number of primary amides is 1. The smallest absolute Gasteiger partial charge is 0.374 e. The maximum absolute atomic E-state index is 14.1. The SMILES string of the molecule is C/C(=C\C(C)=C(/C)C(=O)NCC(N)=O)C1=NOC(c2cc(Cl)c(Cl)c(Cl)c2)(C(F)(F)F)C1. The van der Waals surface area contributed by atoms with Crippen LogP contribution < -0.4 is 11.1 Å². The maximum atomic E-state index is 14.1.